The van der Waals surface area contributed by atoms with Crippen LogP contribution in [-0.2, 0) is 18.9 Å². The lowest BCUT2D eigenvalue weighted by Crippen LogP contribution is -2.63. The number of aliphatic hydroxyl groups excluding tert-OH is 4. The molecule has 0 aromatic rings. The summed E-state index contributed by atoms with van der Waals surface area (Å²) in [5.74, 6) is 0. The maximum Gasteiger partial charge on any atom is 0.176 e. The van der Waals surface area contributed by atoms with E-state index in [9.17, 15) is 20.4 Å². The van der Waals surface area contributed by atoms with Gasteiger partial charge in [0.2, 0.25) is 0 Å². The van der Waals surface area contributed by atoms with Gasteiger partial charge in [0.05, 0.1) is 31.0 Å². The van der Waals surface area contributed by atoms with Gasteiger partial charge in [0.25, 0.3) is 0 Å². The smallest absolute Gasteiger partial charge is 0.176 e. The summed E-state index contributed by atoms with van der Waals surface area (Å²) in [6.45, 7) is -0.350. The van der Waals surface area contributed by atoms with Crippen LogP contribution >= 0.6 is 0 Å². The van der Waals surface area contributed by atoms with Gasteiger partial charge in [0, 0.05) is 25.0 Å². The van der Waals surface area contributed by atoms with E-state index < -0.39 is 67.4 Å². The first-order valence-corrected chi connectivity index (χ1v) is 10.4. The number of ether oxygens (including phenoxy) is 4. The van der Waals surface area contributed by atoms with Crippen LogP contribution in [0, 0.1) is 0 Å². The van der Waals surface area contributed by atoms with Crippen LogP contribution in [0.1, 0.15) is 19.3 Å². The Morgan fingerprint density at radius 3 is 2.30 bits per heavy atom. The van der Waals surface area contributed by atoms with Crippen molar-refractivity contribution in [3.63, 3.8) is 0 Å². The fourth-order valence-corrected chi connectivity index (χ4v) is 4.34. The maximum atomic E-state index is 10.4. The Morgan fingerprint density at radius 2 is 1.67 bits per heavy atom. The molecule has 2 heterocycles. The number of rotatable bonds is 7. The van der Waals surface area contributed by atoms with Crippen molar-refractivity contribution in [2.24, 2.45) is 17.2 Å². The molecular weight excluding hydrogens is 400 g/mol. The average Bonchev–Trinajstić information content (AvgIpc) is 3.12. The molecule has 6 unspecified atom stereocenters. The molecule has 12 atom stereocenters. The highest BCUT2D eigenvalue weighted by Crippen LogP contribution is 2.31. The minimum absolute atomic E-state index is 0.0202. The predicted molar refractivity (Wildman–Crippen MR) is 104 cm³/mol. The first kappa shape index (κ1) is 24.2. The zero-order valence-electron chi connectivity index (χ0n) is 17.1. The first-order chi connectivity index (χ1) is 14.3. The minimum atomic E-state index is -1.27. The lowest BCUT2D eigenvalue weighted by atomic mass is 9.87. The molecule has 0 spiro atoms. The van der Waals surface area contributed by atoms with E-state index in [2.05, 4.69) is 5.32 Å². The molecule has 12 heteroatoms. The Hall–Kier alpha value is -0.480. The van der Waals surface area contributed by atoms with Gasteiger partial charge in [-0.15, -0.1) is 0 Å². The van der Waals surface area contributed by atoms with Crippen LogP contribution in [0.15, 0.2) is 0 Å². The van der Waals surface area contributed by atoms with Crippen molar-refractivity contribution < 1.29 is 39.4 Å². The predicted octanol–water partition coefficient (Wildman–Crippen LogP) is -4.33. The van der Waals surface area contributed by atoms with E-state index in [-0.39, 0.29) is 25.6 Å². The van der Waals surface area contributed by atoms with Gasteiger partial charge >= 0.3 is 0 Å². The van der Waals surface area contributed by atoms with Crippen molar-refractivity contribution in [3.05, 3.63) is 0 Å². The molecule has 0 amide bonds. The van der Waals surface area contributed by atoms with Crippen LogP contribution in [-0.4, -0.2) is 114 Å². The van der Waals surface area contributed by atoms with Crippen LogP contribution in [0.5, 0.6) is 0 Å². The Kier molecular flexibility index (Phi) is 8.40. The summed E-state index contributed by atoms with van der Waals surface area (Å²) in [5, 5.41) is 43.4. The summed E-state index contributed by atoms with van der Waals surface area (Å²) in [5.41, 5.74) is 17.6. The number of hydrogen-bond donors (Lipinski definition) is 8. The lowest BCUT2D eigenvalue weighted by Gasteiger charge is -2.41. The van der Waals surface area contributed by atoms with Gasteiger partial charge in [-0.1, -0.05) is 0 Å². The fourth-order valence-electron chi connectivity index (χ4n) is 4.34. The summed E-state index contributed by atoms with van der Waals surface area (Å²) < 4.78 is 23.2. The number of nitrogens with one attached hydrogen (secondary N) is 1. The SMILES string of the molecule is CNC1CC(N)[C@@H](O)C(OC2C[C@H](O[C@H]3O[C@@H](CN)[C@@H](O)C(O)[C@H]3N)C(CO)O2)C1. The molecule has 3 fully saturated rings. The third-order valence-electron chi connectivity index (χ3n) is 6.26. The van der Waals surface area contributed by atoms with E-state index in [4.69, 9.17) is 36.1 Å². The third kappa shape index (κ3) is 5.11. The average molecular weight is 437 g/mol. The molecule has 1 saturated carbocycles. The van der Waals surface area contributed by atoms with Crippen molar-refractivity contribution >= 4 is 0 Å². The summed E-state index contributed by atoms with van der Waals surface area (Å²) in [7, 11) is 1.83. The molecule has 2 aliphatic heterocycles. The Balaban J connectivity index is 1.60. The van der Waals surface area contributed by atoms with Crippen molar-refractivity contribution in [1.82, 2.24) is 5.32 Å². The maximum absolute atomic E-state index is 10.4. The second kappa shape index (κ2) is 10.4. The number of hydrogen-bond acceptors (Lipinski definition) is 12. The standard InChI is InChI=1S/C18H36N4O8/c1-22-7-2-8(20)15(24)10(3-7)27-13-4-9(12(6-23)28-13)29-18-14(21)17(26)16(25)11(5-19)30-18/h7-18,22-26H,2-6,19-21H2,1H3/t7?,8?,9-,10?,11-,12?,13?,14+,15+,16+,17?,18-/m0/s1. The molecule has 2 saturated heterocycles. The molecule has 30 heavy (non-hydrogen) atoms. The van der Waals surface area contributed by atoms with Crippen molar-refractivity contribution in [2.45, 2.75) is 92.7 Å². The topological polar surface area (TPSA) is 208 Å². The van der Waals surface area contributed by atoms with E-state index in [1.807, 2.05) is 7.05 Å². The zero-order chi connectivity index (χ0) is 22.0. The van der Waals surface area contributed by atoms with Crippen molar-refractivity contribution in [2.75, 3.05) is 20.2 Å². The largest absolute Gasteiger partial charge is 0.394 e. The van der Waals surface area contributed by atoms with Gasteiger partial charge in [-0.05, 0) is 19.9 Å². The van der Waals surface area contributed by atoms with E-state index in [0.717, 1.165) is 0 Å². The van der Waals surface area contributed by atoms with Crippen LogP contribution in [0.2, 0.25) is 0 Å². The summed E-state index contributed by atoms with van der Waals surface area (Å²) in [4.78, 5) is 0. The molecule has 0 aromatic carbocycles. The minimum Gasteiger partial charge on any atom is -0.394 e. The molecule has 0 aromatic heterocycles. The molecule has 1 aliphatic carbocycles. The highest BCUT2D eigenvalue weighted by Gasteiger charge is 2.47. The highest BCUT2D eigenvalue weighted by molar-refractivity contribution is 4.95. The van der Waals surface area contributed by atoms with Gasteiger partial charge in [0.15, 0.2) is 12.6 Å². The lowest BCUT2D eigenvalue weighted by molar-refractivity contribution is -0.274. The molecule has 3 rings (SSSR count). The van der Waals surface area contributed by atoms with E-state index in [1.54, 1.807) is 0 Å². The summed E-state index contributed by atoms with van der Waals surface area (Å²) in [6.07, 6.45) is -6.31. The summed E-state index contributed by atoms with van der Waals surface area (Å²) in [6, 6.07) is -1.31. The second-order valence-electron chi connectivity index (χ2n) is 8.32. The van der Waals surface area contributed by atoms with E-state index >= 15 is 0 Å². The number of nitrogens with two attached hydrogens (primary N) is 3. The molecular formula is C18H36N4O8. The third-order valence-corrected chi connectivity index (χ3v) is 6.26. The monoisotopic (exact) mass is 436 g/mol. The highest BCUT2D eigenvalue weighted by atomic mass is 16.7. The van der Waals surface area contributed by atoms with E-state index in [1.165, 1.54) is 0 Å². The molecule has 0 radical (unpaired) electrons. The van der Waals surface area contributed by atoms with Gasteiger partial charge in [0.1, 0.15) is 24.4 Å². The Bertz CT molecular complexity index is 546. The molecule has 12 nitrogen and oxygen atoms in total. The van der Waals surface area contributed by atoms with Crippen LogP contribution < -0.4 is 22.5 Å². The van der Waals surface area contributed by atoms with Gasteiger partial charge in [-0.25, -0.2) is 0 Å². The fraction of sp³-hybridized carbons (Fsp3) is 1.00. The number of aliphatic hydroxyl groups is 4. The van der Waals surface area contributed by atoms with Gasteiger partial charge in [-0.3, -0.25) is 0 Å². The Morgan fingerprint density at radius 1 is 0.933 bits per heavy atom. The molecule has 11 N–H and O–H groups in total. The van der Waals surface area contributed by atoms with Gasteiger partial charge < -0.3 is 61.9 Å². The second-order valence-corrected chi connectivity index (χ2v) is 8.32. The van der Waals surface area contributed by atoms with Crippen molar-refractivity contribution in [1.29, 1.82) is 0 Å². The molecule has 3 aliphatic rings. The zero-order valence-corrected chi connectivity index (χ0v) is 17.1. The molecule has 0 bridgehead atoms. The van der Waals surface area contributed by atoms with Crippen LogP contribution in [0.25, 0.3) is 0 Å². The molecule has 176 valence electrons. The van der Waals surface area contributed by atoms with Crippen LogP contribution in [0.4, 0.5) is 0 Å². The quantitative estimate of drug-likeness (QED) is 0.190. The summed E-state index contributed by atoms with van der Waals surface area (Å²) >= 11 is 0. The first-order valence-electron chi connectivity index (χ1n) is 10.4. The van der Waals surface area contributed by atoms with Crippen LogP contribution in [0.3, 0.4) is 0 Å². The normalized spacial score (nSPS) is 50.0. The van der Waals surface area contributed by atoms with Crippen molar-refractivity contribution in [3.8, 4) is 0 Å². The van der Waals surface area contributed by atoms with E-state index in [0.29, 0.717) is 12.8 Å². The van der Waals surface area contributed by atoms with Gasteiger partial charge in [-0.2, -0.15) is 0 Å². The Labute approximate surface area is 175 Å².